The monoisotopic (exact) mass is 213 g/mol. The molecule has 0 spiro atoms. The van der Waals surface area contributed by atoms with E-state index >= 15 is 0 Å². The number of imidazole rings is 1. The van der Waals surface area contributed by atoms with Crippen LogP contribution in [0.15, 0.2) is 0 Å². The smallest absolute Gasteiger partial charge is 0.358 e. The van der Waals surface area contributed by atoms with Gasteiger partial charge in [-0.15, -0.1) is 0 Å². The molecule has 0 aliphatic heterocycles. The zero-order valence-electron chi connectivity index (χ0n) is 9.17. The van der Waals surface area contributed by atoms with E-state index in [1.807, 2.05) is 13.8 Å². The van der Waals surface area contributed by atoms with E-state index < -0.39 is 0 Å². The maximum Gasteiger partial charge on any atom is 0.358 e. The van der Waals surface area contributed by atoms with Gasteiger partial charge in [0.2, 0.25) is 0 Å². The molecule has 0 unspecified atom stereocenters. The second-order valence-corrected chi connectivity index (χ2v) is 3.79. The van der Waals surface area contributed by atoms with Gasteiger partial charge in [0.1, 0.15) is 5.82 Å². The highest BCUT2D eigenvalue weighted by molar-refractivity contribution is 5.89. The summed E-state index contributed by atoms with van der Waals surface area (Å²) in [5.74, 6) is 1.08. The van der Waals surface area contributed by atoms with Crippen molar-refractivity contribution in [1.29, 1.82) is 0 Å². The lowest BCUT2D eigenvalue weighted by molar-refractivity contribution is 0.0518. The molecule has 0 aromatic carbocycles. The first-order valence-corrected chi connectivity index (χ1v) is 5.52. The van der Waals surface area contributed by atoms with E-state index in [2.05, 4.69) is 9.97 Å². The standard InChI is InChI=1S/C11H16N2O2/c1-3-8-12-9(7-5-6-7)10(13-8)11(14)15-4-2/h7H,3-6H2,1-2H3,(H,12,13)/i1+1,3+1,8+1,12+1,13+1. The molecular weight excluding hydrogens is 197 g/mol. The van der Waals surface area contributed by atoms with Gasteiger partial charge in [0, 0.05) is 12.3 Å². The van der Waals surface area contributed by atoms with Crippen molar-refractivity contribution in [3.05, 3.63) is 17.2 Å². The van der Waals surface area contributed by atoms with Gasteiger partial charge < -0.3 is 9.72 Å². The summed E-state index contributed by atoms with van der Waals surface area (Å²) in [6.07, 6.45) is 3.12. The third-order valence-electron chi connectivity index (χ3n) is 2.57. The van der Waals surface area contributed by atoms with Gasteiger partial charge in [-0.3, -0.25) is 0 Å². The van der Waals surface area contributed by atoms with E-state index in [1.54, 1.807) is 0 Å². The Hall–Kier alpha value is -1.32. The molecular formula is C11H16N2O2. The first-order chi connectivity index (χ1) is 7.26. The molecule has 82 valence electrons. The predicted molar refractivity (Wildman–Crippen MR) is 55.9 cm³/mol. The molecule has 15 heavy (non-hydrogen) atoms. The van der Waals surface area contributed by atoms with Crippen molar-refractivity contribution in [1.82, 2.24) is 9.97 Å². The SMILES string of the molecule is CCOC(=O)c1[15n][13c]([13CH2][13CH3])[15nH]c1C1CC1. The number of ether oxygens (including phenoxy) is 1. The van der Waals surface area contributed by atoms with Crippen LogP contribution in [0.4, 0.5) is 0 Å². The van der Waals surface area contributed by atoms with Crippen molar-refractivity contribution in [2.75, 3.05) is 6.61 Å². The summed E-state index contributed by atoms with van der Waals surface area (Å²) in [5, 5.41) is 0. The zero-order chi connectivity index (χ0) is 10.8. The second-order valence-electron chi connectivity index (χ2n) is 3.79. The second kappa shape index (κ2) is 4.04. The van der Waals surface area contributed by atoms with E-state index in [1.165, 1.54) is 0 Å². The van der Waals surface area contributed by atoms with Crippen molar-refractivity contribution < 1.29 is 9.53 Å². The number of nitrogens with one attached hydrogen (secondary N) is 1. The number of carbonyl (C=O) groups excluding carboxylic acids is 1. The molecule has 1 heterocycles. The van der Waals surface area contributed by atoms with E-state index in [0.29, 0.717) is 18.2 Å². The number of rotatable bonds is 4. The highest BCUT2D eigenvalue weighted by Gasteiger charge is 2.31. The molecule has 1 aliphatic rings. The van der Waals surface area contributed by atoms with Gasteiger partial charge >= 0.3 is 5.97 Å². The molecule has 0 bridgehead atoms. The summed E-state index contributed by atoms with van der Waals surface area (Å²) in [6, 6.07) is 0. The minimum absolute atomic E-state index is 0.296. The van der Waals surface area contributed by atoms with E-state index in [0.717, 1.165) is 30.8 Å². The van der Waals surface area contributed by atoms with Gasteiger partial charge in [0.15, 0.2) is 5.69 Å². The van der Waals surface area contributed by atoms with Crippen molar-refractivity contribution in [3.8, 4) is 0 Å². The number of aryl methyl sites for hydroxylation is 1. The van der Waals surface area contributed by atoms with Crippen LogP contribution in [0.25, 0.3) is 0 Å². The summed E-state index contributed by atoms with van der Waals surface area (Å²) < 4.78 is 4.98. The minimum atomic E-state index is -0.296. The molecule has 0 saturated heterocycles. The average molecular weight is 213 g/mol. The van der Waals surface area contributed by atoms with E-state index in [-0.39, 0.29) is 5.97 Å². The fourth-order valence-electron chi connectivity index (χ4n) is 1.63. The molecule has 1 fully saturated rings. The maximum atomic E-state index is 11.6. The van der Waals surface area contributed by atoms with Gasteiger partial charge in [0.25, 0.3) is 0 Å². The Morgan fingerprint density at radius 3 is 2.80 bits per heavy atom. The van der Waals surface area contributed by atoms with Gasteiger partial charge in [-0.1, -0.05) is 6.92 Å². The summed E-state index contributed by atoms with van der Waals surface area (Å²) in [7, 11) is 0. The zero-order valence-corrected chi connectivity index (χ0v) is 9.17. The third kappa shape index (κ3) is 2.03. The first kappa shape index (κ1) is 10.2. The fourth-order valence-corrected chi connectivity index (χ4v) is 1.63. The number of aromatic amines is 1. The Kier molecular flexibility index (Phi) is 2.75. The molecule has 1 N–H and O–H groups in total. The topological polar surface area (TPSA) is 55.0 Å². The molecule has 0 radical (unpaired) electrons. The summed E-state index contributed by atoms with van der Waals surface area (Å²) >= 11 is 0. The number of carbonyl (C=O) groups is 1. The van der Waals surface area contributed by atoms with Crippen LogP contribution in [0, 0.1) is 0 Å². The third-order valence-corrected chi connectivity index (χ3v) is 2.57. The minimum Gasteiger partial charge on any atom is -0.461 e. The van der Waals surface area contributed by atoms with Gasteiger partial charge in [-0.25, -0.2) is 9.78 Å². The Morgan fingerprint density at radius 1 is 1.53 bits per heavy atom. The Bertz CT molecular complexity index is 367. The maximum absolute atomic E-state index is 11.6. The molecule has 0 amide bonds. The van der Waals surface area contributed by atoms with Crippen molar-refractivity contribution >= 4 is 5.97 Å². The first-order valence-electron chi connectivity index (χ1n) is 5.52. The number of nitrogens with zero attached hydrogens (tertiary/aromatic N) is 1. The molecule has 4 heteroatoms. The molecule has 2 rings (SSSR count). The average Bonchev–Trinajstić information content (AvgIpc) is 2.98. The predicted octanol–water partition coefficient (Wildman–Crippen LogP) is 2.03. The largest absolute Gasteiger partial charge is 0.461 e. The Labute approximate surface area is 89.0 Å². The molecule has 0 atom stereocenters. The molecule has 1 aromatic rings. The van der Waals surface area contributed by atoms with Crippen LogP contribution in [0.3, 0.4) is 0 Å². The Morgan fingerprint density at radius 2 is 2.27 bits per heavy atom. The van der Waals surface area contributed by atoms with Gasteiger partial charge in [-0.05, 0) is 19.8 Å². The van der Waals surface area contributed by atoms with Gasteiger partial charge in [-0.2, -0.15) is 0 Å². The lowest BCUT2D eigenvalue weighted by Gasteiger charge is -2.00. The highest BCUT2D eigenvalue weighted by atomic mass is 16.5. The van der Waals surface area contributed by atoms with Crippen LogP contribution < -0.4 is 0 Å². The van der Waals surface area contributed by atoms with E-state index in [9.17, 15) is 4.79 Å². The quantitative estimate of drug-likeness (QED) is 0.615. The fraction of sp³-hybridized carbons (Fsp3) is 0.636. The molecule has 4 nitrogen and oxygen atoms in total. The summed E-state index contributed by atoms with van der Waals surface area (Å²) in [6.45, 7) is 4.23. The van der Waals surface area contributed by atoms with Crippen LogP contribution in [-0.4, -0.2) is 22.5 Å². The molecule has 1 aliphatic carbocycles. The lowest BCUT2D eigenvalue weighted by Crippen LogP contribution is -2.07. The van der Waals surface area contributed by atoms with Crippen molar-refractivity contribution in [2.45, 2.75) is 39.0 Å². The van der Waals surface area contributed by atoms with Crippen molar-refractivity contribution in [3.63, 3.8) is 0 Å². The number of hydrogen-bond acceptors (Lipinski definition) is 3. The number of H-pyrrole nitrogens is 1. The highest BCUT2D eigenvalue weighted by Crippen LogP contribution is 2.40. The van der Waals surface area contributed by atoms with Crippen LogP contribution in [0.1, 0.15) is 54.6 Å². The van der Waals surface area contributed by atoms with E-state index in [4.69, 9.17) is 4.74 Å². The van der Waals surface area contributed by atoms with Crippen LogP contribution in [-0.2, 0) is 11.2 Å². The molecule has 1 aromatic heterocycles. The number of esters is 1. The summed E-state index contributed by atoms with van der Waals surface area (Å²) in [4.78, 5) is 19.1. The number of hydrogen-bond donors (Lipinski definition) is 1. The van der Waals surface area contributed by atoms with Crippen LogP contribution in [0.2, 0.25) is 0 Å². The summed E-state index contributed by atoms with van der Waals surface area (Å²) in [5.41, 5.74) is 1.47. The van der Waals surface area contributed by atoms with Gasteiger partial charge in [0.05, 0.1) is 12.3 Å². The van der Waals surface area contributed by atoms with Crippen LogP contribution >= 0.6 is 0 Å². The Balaban J connectivity index is 2.26. The lowest BCUT2D eigenvalue weighted by atomic mass is 10.2. The van der Waals surface area contributed by atoms with Crippen molar-refractivity contribution in [2.24, 2.45) is 0 Å². The normalized spacial score (nSPS) is 15.3. The number of aromatic nitrogens is 2. The van der Waals surface area contributed by atoms with Crippen LogP contribution in [0.5, 0.6) is 0 Å². The molecule has 1 saturated carbocycles.